The van der Waals surface area contributed by atoms with Crippen LogP contribution in [0.2, 0.25) is 0 Å². The van der Waals surface area contributed by atoms with Crippen molar-refractivity contribution in [2.24, 2.45) is 0 Å². The van der Waals surface area contributed by atoms with Crippen LogP contribution in [0.5, 0.6) is 11.6 Å². The molecule has 2 N–H and O–H groups in total. The monoisotopic (exact) mass is 476 g/mol. The van der Waals surface area contributed by atoms with Crippen LogP contribution in [0.3, 0.4) is 0 Å². The van der Waals surface area contributed by atoms with E-state index in [1.54, 1.807) is 6.20 Å². The molecule has 9 heteroatoms. The number of aromatic nitrogens is 3. The smallest absolute Gasteiger partial charge is 0.246 e. The summed E-state index contributed by atoms with van der Waals surface area (Å²) < 4.78 is 11.6. The number of ether oxygens (including phenoxy) is 2. The van der Waals surface area contributed by atoms with Gasteiger partial charge in [0.1, 0.15) is 29.7 Å². The predicted octanol–water partition coefficient (Wildman–Crippen LogP) is 4.33. The number of amides is 1. The number of likely N-dealkylation sites (N-methyl/N-ethyl adjacent to an activating group) is 1. The molecule has 0 saturated heterocycles. The third-order valence-electron chi connectivity index (χ3n) is 5.60. The molecule has 0 radical (unpaired) electrons. The molecule has 0 fully saturated rings. The number of pyridine rings is 1. The molecule has 9 nitrogen and oxygen atoms in total. The molecule has 184 valence electrons. The fraction of sp³-hybridized carbons (Fsp3) is 0.385. The van der Waals surface area contributed by atoms with Gasteiger partial charge in [-0.15, -0.1) is 0 Å². The lowest BCUT2D eigenvalue weighted by molar-refractivity contribution is -0.117. The highest BCUT2D eigenvalue weighted by atomic mass is 16.5. The van der Waals surface area contributed by atoms with Gasteiger partial charge in [0, 0.05) is 31.4 Å². The van der Waals surface area contributed by atoms with Gasteiger partial charge in [-0.3, -0.25) is 4.79 Å². The van der Waals surface area contributed by atoms with E-state index in [1.165, 1.54) is 0 Å². The second-order valence-electron chi connectivity index (χ2n) is 9.61. The van der Waals surface area contributed by atoms with Gasteiger partial charge in [0.05, 0.1) is 5.69 Å². The van der Waals surface area contributed by atoms with Gasteiger partial charge in [0.2, 0.25) is 17.7 Å². The summed E-state index contributed by atoms with van der Waals surface area (Å²) in [5.41, 5.74) is 3.14. The van der Waals surface area contributed by atoms with E-state index in [0.29, 0.717) is 36.5 Å². The molecule has 35 heavy (non-hydrogen) atoms. The molecule has 1 atom stereocenters. The van der Waals surface area contributed by atoms with Gasteiger partial charge in [-0.2, -0.15) is 4.98 Å². The van der Waals surface area contributed by atoms with E-state index in [1.807, 2.05) is 83.0 Å². The SMILES string of the molecule is Cc1nc(NCc2ccc(OCc3ccc(OC(C)(C)C)nc3)cc2)nc2c1NC(=O)[C@H](C)N2C. The van der Waals surface area contributed by atoms with E-state index >= 15 is 0 Å². The van der Waals surface area contributed by atoms with E-state index < -0.39 is 0 Å². The van der Waals surface area contributed by atoms with E-state index in [0.717, 1.165) is 22.6 Å². The van der Waals surface area contributed by atoms with Crippen molar-refractivity contribution < 1.29 is 14.3 Å². The number of hydrogen-bond acceptors (Lipinski definition) is 8. The standard InChI is InChI=1S/C26H32N6O3/c1-16-22-23(32(6)17(2)24(33)30-22)31-25(29-16)28-13-18-7-10-20(11-8-18)34-15-19-9-12-21(27-14-19)35-26(3,4)5/h7-12,14,17H,13,15H2,1-6H3,(H,30,33)(H,28,29,31)/t17-/m0/s1. The number of nitrogens with zero attached hydrogens (tertiary/aromatic N) is 4. The largest absolute Gasteiger partial charge is 0.489 e. The van der Waals surface area contributed by atoms with Crippen molar-refractivity contribution in [2.45, 2.75) is 59.4 Å². The first-order valence-corrected chi connectivity index (χ1v) is 11.6. The minimum atomic E-state index is -0.289. The zero-order chi connectivity index (χ0) is 25.2. The zero-order valence-electron chi connectivity index (χ0n) is 21.0. The third kappa shape index (κ3) is 5.98. The normalized spacial score (nSPS) is 15.3. The number of carbonyl (C=O) groups excluding carboxylic acids is 1. The average Bonchev–Trinajstić information content (AvgIpc) is 2.81. The van der Waals surface area contributed by atoms with Crippen LogP contribution in [0.4, 0.5) is 17.5 Å². The van der Waals surface area contributed by atoms with Gasteiger partial charge in [-0.1, -0.05) is 12.1 Å². The molecule has 0 spiro atoms. The van der Waals surface area contributed by atoms with Gasteiger partial charge < -0.3 is 25.0 Å². The molecule has 2 aromatic heterocycles. The molecule has 0 saturated carbocycles. The molecule has 3 aromatic rings. The van der Waals surface area contributed by atoms with Gasteiger partial charge in [0.25, 0.3) is 0 Å². The summed E-state index contributed by atoms with van der Waals surface area (Å²) in [4.78, 5) is 27.4. The van der Waals surface area contributed by atoms with E-state index in [9.17, 15) is 4.79 Å². The third-order valence-corrected chi connectivity index (χ3v) is 5.60. The first-order chi connectivity index (χ1) is 16.6. The summed E-state index contributed by atoms with van der Waals surface area (Å²) in [6, 6.07) is 11.4. The van der Waals surface area contributed by atoms with Crippen molar-refractivity contribution in [3.8, 4) is 11.6 Å². The van der Waals surface area contributed by atoms with Crippen LogP contribution < -0.4 is 25.0 Å². The zero-order valence-corrected chi connectivity index (χ0v) is 21.0. The molecule has 1 aromatic carbocycles. The predicted molar refractivity (Wildman–Crippen MR) is 136 cm³/mol. The Balaban J connectivity index is 1.32. The van der Waals surface area contributed by atoms with Gasteiger partial charge in [0.15, 0.2) is 5.82 Å². The quantitative estimate of drug-likeness (QED) is 0.520. The fourth-order valence-corrected chi connectivity index (χ4v) is 3.55. The summed E-state index contributed by atoms with van der Waals surface area (Å²) in [6.45, 7) is 10.7. The average molecular weight is 477 g/mol. The maximum atomic E-state index is 12.1. The Morgan fingerprint density at radius 1 is 1.09 bits per heavy atom. The lowest BCUT2D eigenvalue weighted by Crippen LogP contribution is -2.44. The molecular weight excluding hydrogens is 444 g/mol. The fourth-order valence-electron chi connectivity index (χ4n) is 3.55. The van der Waals surface area contributed by atoms with E-state index in [2.05, 4.69) is 25.6 Å². The Kier molecular flexibility index (Phi) is 6.77. The molecule has 4 rings (SSSR count). The highest BCUT2D eigenvalue weighted by Crippen LogP contribution is 2.32. The summed E-state index contributed by atoms with van der Waals surface area (Å²) >= 11 is 0. The van der Waals surface area contributed by atoms with Crippen molar-refractivity contribution in [3.05, 3.63) is 59.4 Å². The molecule has 1 aliphatic rings. The Bertz CT molecular complexity index is 1190. The highest BCUT2D eigenvalue weighted by Gasteiger charge is 2.30. The number of benzene rings is 1. The first-order valence-electron chi connectivity index (χ1n) is 11.6. The van der Waals surface area contributed by atoms with Crippen molar-refractivity contribution >= 4 is 23.4 Å². The van der Waals surface area contributed by atoms with Crippen molar-refractivity contribution in [1.29, 1.82) is 0 Å². The van der Waals surface area contributed by atoms with Gasteiger partial charge >= 0.3 is 0 Å². The molecule has 1 aliphatic heterocycles. The minimum Gasteiger partial charge on any atom is -0.489 e. The van der Waals surface area contributed by atoms with E-state index in [-0.39, 0.29) is 17.6 Å². The molecule has 1 amide bonds. The molecule has 0 bridgehead atoms. The highest BCUT2D eigenvalue weighted by molar-refractivity contribution is 6.03. The second-order valence-corrected chi connectivity index (χ2v) is 9.61. The number of nitrogens with one attached hydrogen (secondary N) is 2. The summed E-state index contributed by atoms with van der Waals surface area (Å²) in [5, 5.41) is 6.17. The molecular formula is C26H32N6O3. The summed E-state index contributed by atoms with van der Waals surface area (Å²) in [6.07, 6.45) is 1.77. The van der Waals surface area contributed by atoms with E-state index in [4.69, 9.17) is 9.47 Å². The Labute approximate surface area is 205 Å². The lowest BCUT2D eigenvalue weighted by atomic mass is 10.2. The number of anilines is 3. The number of fused-ring (bicyclic) bond motifs is 1. The number of aryl methyl sites for hydroxylation is 1. The van der Waals surface area contributed by atoms with Crippen LogP contribution in [-0.2, 0) is 17.9 Å². The van der Waals surface area contributed by atoms with Crippen LogP contribution in [0, 0.1) is 6.92 Å². The van der Waals surface area contributed by atoms with Crippen molar-refractivity contribution in [2.75, 3.05) is 22.6 Å². The van der Waals surface area contributed by atoms with Crippen LogP contribution in [0.1, 0.15) is 44.5 Å². The molecule has 0 aliphatic carbocycles. The topological polar surface area (TPSA) is 102 Å². The minimum absolute atomic E-state index is 0.0578. The Morgan fingerprint density at radius 3 is 2.46 bits per heavy atom. The summed E-state index contributed by atoms with van der Waals surface area (Å²) in [7, 11) is 1.86. The number of rotatable bonds is 7. The Hall–Kier alpha value is -3.88. The number of hydrogen-bond donors (Lipinski definition) is 2. The summed E-state index contributed by atoms with van der Waals surface area (Å²) in [5.74, 6) is 2.54. The Morgan fingerprint density at radius 2 is 1.80 bits per heavy atom. The van der Waals surface area contributed by atoms with Crippen molar-refractivity contribution in [3.63, 3.8) is 0 Å². The number of carbonyl (C=O) groups is 1. The van der Waals surface area contributed by atoms with Crippen LogP contribution in [-0.4, -0.2) is 39.5 Å². The van der Waals surface area contributed by atoms with Crippen molar-refractivity contribution in [1.82, 2.24) is 15.0 Å². The first kappa shape index (κ1) is 24.3. The lowest BCUT2D eigenvalue weighted by Gasteiger charge is -2.32. The van der Waals surface area contributed by atoms with Gasteiger partial charge in [-0.05, 0) is 58.4 Å². The maximum absolute atomic E-state index is 12.1. The maximum Gasteiger partial charge on any atom is 0.246 e. The van der Waals surface area contributed by atoms with Crippen LogP contribution in [0.25, 0.3) is 0 Å². The van der Waals surface area contributed by atoms with Crippen LogP contribution >= 0.6 is 0 Å². The van der Waals surface area contributed by atoms with Crippen LogP contribution in [0.15, 0.2) is 42.6 Å². The molecule has 0 unspecified atom stereocenters. The second kappa shape index (κ2) is 9.77. The van der Waals surface area contributed by atoms with Gasteiger partial charge in [-0.25, -0.2) is 9.97 Å². The molecule has 3 heterocycles.